The first-order valence-electron chi connectivity index (χ1n) is 8.33. The number of thiazole rings is 1. The van der Waals surface area contributed by atoms with Gasteiger partial charge in [-0.1, -0.05) is 35.9 Å². The van der Waals surface area contributed by atoms with Crippen LogP contribution in [0.1, 0.15) is 24.9 Å². The number of ether oxygens (including phenoxy) is 1. The van der Waals surface area contributed by atoms with Crippen molar-refractivity contribution in [2.75, 3.05) is 12.1 Å². The Labute approximate surface area is 161 Å². The number of methoxy groups -OCH3 is 1. The van der Waals surface area contributed by atoms with Gasteiger partial charge < -0.3 is 4.74 Å². The molecule has 4 nitrogen and oxygen atoms in total. The third kappa shape index (κ3) is 3.32. The molecule has 1 aliphatic rings. The largest absolute Gasteiger partial charge is 0.497 e. The van der Waals surface area contributed by atoms with E-state index < -0.39 is 0 Å². The Morgan fingerprint density at radius 3 is 2.54 bits per heavy atom. The van der Waals surface area contributed by atoms with Gasteiger partial charge in [0.15, 0.2) is 0 Å². The van der Waals surface area contributed by atoms with Gasteiger partial charge in [-0.25, -0.2) is 9.99 Å². The molecule has 0 saturated heterocycles. The summed E-state index contributed by atoms with van der Waals surface area (Å²) >= 11 is 7.58. The number of hydrazone groups is 1. The monoisotopic (exact) mass is 383 g/mol. The van der Waals surface area contributed by atoms with Crippen molar-refractivity contribution < 1.29 is 4.74 Å². The minimum Gasteiger partial charge on any atom is -0.497 e. The van der Waals surface area contributed by atoms with Crippen LogP contribution in [0.3, 0.4) is 0 Å². The number of anilines is 1. The van der Waals surface area contributed by atoms with Crippen molar-refractivity contribution in [3.05, 3.63) is 64.5 Å². The number of hydrogen-bond acceptors (Lipinski definition) is 5. The summed E-state index contributed by atoms with van der Waals surface area (Å²) in [4.78, 5) is 4.81. The molecule has 1 aromatic heterocycles. The van der Waals surface area contributed by atoms with Crippen LogP contribution in [0.25, 0.3) is 11.3 Å². The van der Waals surface area contributed by atoms with E-state index in [1.54, 1.807) is 18.4 Å². The van der Waals surface area contributed by atoms with Gasteiger partial charge in [0, 0.05) is 28.1 Å². The van der Waals surface area contributed by atoms with Gasteiger partial charge in [-0.2, -0.15) is 5.10 Å². The van der Waals surface area contributed by atoms with Crippen LogP contribution in [0.4, 0.5) is 5.13 Å². The molecule has 0 bridgehead atoms. The third-order valence-electron chi connectivity index (χ3n) is 4.39. The molecule has 0 aliphatic carbocycles. The van der Waals surface area contributed by atoms with Crippen molar-refractivity contribution in [1.82, 2.24) is 4.98 Å². The zero-order chi connectivity index (χ0) is 18.1. The molecule has 0 fully saturated rings. The average Bonchev–Trinajstić information content (AvgIpc) is 3.29. The maximum Gasteiger partial charge on any atom is 0.207 e. The van der Waals surface area contributed by atoms with Crippen molar-refractivity contribution in [1.29, 1.82) is 0 Å². The Bertz CT molecular complexity index is 934. The minimum absolute atomic E-state index is 0.158. The molecule has 2 heterocycles. The second kappa shape index (κ2) is 7.09. The standard InChI is InChI=1S/C20H18ClN3OS/c1-13-11-19(15-5-9-17(25-2)10-6-15)24(23-13)20-22-18(12-26-20)14-3-7-16(21)8-4-14/h3-10,12,19H,11H2,1-2H3/t19-/m1/s1. The van der Waals surface area contributed by atoms with Gasteiger partial charge in [0.05, 0.1) is 18.8 Å². The smallest absolute Gasteiger partial charge is 0.207 e. The summed E-state index contributed by atoms with van der Waals surface area (Å²) in [6, 6.07) is 16.1. The van der Waals surface area contributed by atoms with E-state index in [4.69, 9.17) is 26.4 Å². The van der Waals surface area contributed by atoms with Crippen molar-refractivity contribution in [3.8, 4) is 17.0 Å². The van der Waals surface area contributed by atoms with Crippen LogP contribution in [-0.2, 0) is 0 Å². The molecule has 0 radical (unpaired) electrons. The molecule has 3 aromatic rings. The van der Waals surface area contributed by atoms with Crippen molar-refractivity contribution in [3.63, 3.8) is 0 Å². The second-order valence-electron chi connectivity index (χ2n) is 6.20. The van der Waals surface area contributed by atoms with Gasteiger partial charge in [-0.05, 0) is 36.8 Å². The van der Waals surface area contributed by atoms with Crippen LogP contribution >= 0.6 is 22.9 Å². The summed E-state index contributed by atoms with van der Waals surface area (Å²) < 4.78 is 5.26. The number of nitrogens with zero attached hydrogens (tertiary/aromatic N) is 3. The fourth-order valence-corrected chi connectivity index (χ4v) is 4.00. The van der Waals surface area contributed by atoms with E-state index >= 15 is 0 Å². The topological polar surface area (TPSA) is 37.7 Å². The lowest BCUT2D eigenvalue weighted by molar-refractivity contribution is 0.414. The van der Waals surface area contributed by atoms with Gasteiger partial charge in [0.25, 0.3) is 0 Å². The molecular weight excluding hydrogens is 366 g/mol. The van der Waals surface area contributed by atoms with Crippen molar-refractivity contribution in [2.45, 2.75) is 19.4 Å². The molecule has 4 rings (SSSR count). The van der Waals surface area contributed by atoms with Gasteiger partial charge >= 0.3 is 0 Å². The molecule has 132 valence electrons. The predicted octanol–water partition coefficient (Wildman–Crippen LogP) is 5.80. The lowest BCUT2D eigenvalue weighted by atomic mass is 10.0. The van der Waals surface area contributed by atoms with E-state index in [1.807, 2.05) is 41.4 Å². The summed E-state index contributed by atoms with van der Waals surface area (Å²) in [5, 5.41) is 10.4. The quantitative estimate of drug-likeness (QED) is 0.571. The molecule has 0 spiro atoms. The maximum absolute atomic E-state index is 5.98. The molecule has 6 heteroatoms. The van der Waals surface area contributed by atoms with E-state index in [1.165, 1.54) is 5.56 Å². The van der Waals surface area contributed by atoms with Gasteiger partial charge in [-0.15, -0.1) is 11.3 Å². The molecule has 0 unspecified atom stereocenters. The number of benzene rings is 2. The fraction of sp³-hybridized carbons (Fsp3) is 0.200. The van der Waals surface area contributed by atoms with Crippen LogP contribution in [0.15, 0.2) is 59.0 Å². The lowest BCUT2D eigenvalue weighted by Crippen LogP contribution is -2.18. The highest BCUT2D eigenvalue weighted by Crippen LogP contribution is 2.38. The number of rotatable bonds is 4. The molecule has 1 aliphatic heterocycles. The van der Waals surface area contributed by atoms with Crippen molar-refractivity contribution in [2.24, 2.45) is 5.10 Å². The predicted molar refractivity (Wildman–Crippen MR) is 109 cm³/mol. The normalized spacial score (nSPS) is 16.7. The molecule has 26 heavy (non-hydrogen) atoms. The summed E-state index contributed by atoms with van der Waals surface area (Å²) in [5.41, 5.74) is 4.30. The SMILES string of the molecule is COc1ccc([C@H]2CC(C)=NN2c2nc(-c3ccc(Cl)cc3)cs2)cc1. The highest BCUT2D eigenvalue weighted by molar-refractivity contribution is 7.14. The number of hydrogen-bond donors (Lipinski definition) is 0. The van der Waals surface area contributed by atoms with E-state index in [-0.39, 0.29) is 6.04 Å². The summed E-state index contributed by atoms with van der Waals surface area (Å²) in [5.74, 6) is 0.857. The van der Waals surface area contributed by atoms with E-state index in [2.05, 4.69) is 24.4 Å². The maximum atomic E-state index is 5.98. The van der Waals surface area contributed by atoms with E-state index in [0.29, 0.717) is 0 Å². The Balaban J connectivity index is 1.63. The van der Waals surface area contributed by atoms with E-state index in [0.717, 1.165) is 39.3 Å². The Hall–Kier alpha value is -2.37. The van der Waals surface area contributed by atoms with Gasteiger partial charge in [0.1, 0.15) is 5.75 Å². The first-order chi connectivity index (χ1) is 12.6. The molecule has 0 amide bonds. The molecule has 0 saturated carbocycles. The highest BCUT2D eigenvalue weighted by atomic mass is 35.5. The lowest BCUT2D eigenvalue weighted by Gasteiger charge is -2.21. The zero-order valence-corrected chi connectivity index (χ0v) is 16.1. The highest BCUT2D eigenvalue weighted by Gasteiger charge is 2.29. The van der Waals surface area contributed by atoms with Crippen LogP contribution < -0.4 is 9.75 Å². The molecule has 1 atom stereocenters. The molecular formula is C20H18ClN3OS. The summed E-state index contributed by atoms with van der Waals surface area (Å²) in [6.07, 6.45) is 0.891. The fourth-order valence-electron chi connectivity index (χ4n) is 3.04. The first-order valence-corrected chi connectivity index (χ1v) is 9.58. The third-order valence-corrected chi connectivity index (χ3v) is 5.47. The number of aromatic nitrogens is 1. The molecule has 2 aromatic carbocycles. The number of halogens is 1. The van der Waals surface area contributed by atoms with Crippen LogP contribution in [0.5, 0.6) is 5.75 Å². The van der Waals surface area contributed by atoms with Crippen LogP contribution in [0, 0.1) is 0 Å². The second-order valence-corrected chi connectivity index (χ2v) is 7.47. The molecule has 0 N–H and O–H groups in total. The Kier molecular flexibility index (Phi) is 4.66. The summed E-state index contributed by atoms with van der Waals surface area (Å²) in [6.45, 7) is 2.06. The van der Waals surface area contributed by atoms with Gasteiger partial charge in [0.2, 0.25) is 5.13 Å². The zero-order valence-electron chi connectivity index (χ0n) is 14.5. The summed E-state index contributed by atoms with van der Waals surface area (Å²) in [7, 11) is 1.68. The van der Waals surface area contributed by atoms with Crippen molar-refractivity contribution >= 4 is 33.8 Å². The van der Waals surface area contributed by atoms with Crippen LogP contribution in [0.2, 0.25) is 5.02 Å². The van der Waals surface area contributed by atoms with Crippen LogP contribution in [-0.4, -0.2) is 17.8 Å². The van der Waals surface area contributed by atoms with E-state index in [9.17, 15) is 0 Å². The minimum atomic E-state index is 0.158. The van der Waals surface area contributed by atoms with Gasteiger partial charge in [-0.3, -0.25) is 0 Å². The first kappa shape index (κ1) is 17.1. The average molecular weight is 384 g/mol. The Morgan fingerprint density at radius 1 is 1.12 bits per heavy atom. The Morgan fingerprint density at radius 2 is 1.85 bits per heavy atom.